The molecule has 0 atom stereocenters. The van der Waals surface area contributed by atoms with E-state index in [2.05, 4.69) is 22.9 Å². The minimum absolute atomic E-state index is 0. The molecule has 0 spiro atoms. The van der Waals surface area contributed by atoms with E-state index in [0.717, 1.165) is 25.7 Å². The summed E-state index contributed by atoms with van der Waals surface area (Å²) in [4.78, 5) is 40.6. The predicted octanol–water partition coefficient (Wildman–Crippen LogP) is -0.489. The molecular formula is C24H50Na2O8P2Zn. The Morgan fingerprint density at radius 2 is 0.622 bits per heavy atom. The molecule has 0 unspecified atom stereocenters. The van der Waals surface area contributed by atoms with Crippen molar-refractivity contribution in [1.29, 1.82) is 0 Å². The fourth-order valence-corrected chi connectivity index (χ4v) is 4.24. The summed E-state index contributed by atoms with van der Waals surface area (Å²) in [5, 5.41) is 0. The average Bonchev–Trinajstić information content (AvgIpc) is 2.75. The van der Waals surface area contributed by atoms with E-state index in [0.29, 0.717) is 12.8 Å². The smallest absolute Gasteiger partial charge is 0.790 e. The summed E-state index contributed by atoms with van der Waals surface area (Å²) in [7, 11) is -9.49. The third-order valence-corrected chi connectivity index (χ3v) is 6.49. The first-order chi connectivity index (χ1) is 16.1. The number of rotatable bonds is 24. The van der Waals surface area contributed by atoms with Crippen molar-refractivity contribution in [3.63, 3.8) is 0 Å². The zero-order valence-corrected chi connectivity index (χ0v) is 33.2. The molecule has 0 aromatic heterocycles. The minimum atomic E-state index is -4.74. The Morgan fingerprint density at radius 3 is 0.811 bits per heavy atom. The average molecular weight is 640 g/mol. The third kappa shape index (κ3) is 55.4. The van der Waals surface area contributed by atoms with Crippen LogP contribution < -0.4 is 78.7 Å². The molecule has 0 N–H and O–H groups in total. The molecule has 0 aliphatic carbocycles. The summed E-state index contributed by atoms with van der Waals surface area (Å²) in [6, 6.07) is 0. The van der Waals surface area contributed by atoms with Gasteiger partial charge in [-0.3, -0.25) is 0 Å². The second-order valence-corrected chi connectivity index (χ2v) is 11.2. The van der Waals surface area contributed by atoms with Gasteiger partial charge in [0.25, 0.3) is 0 Å². The van der Waals surface area contributed by atoms with Gasteiger partial charge in [0.1, 0.15) is 0 Å². The van der Waals surface area contributed by atoms with Crippen molar-refractivity contribution in [2.24, 2.45) is 0 Å². The molecule has 0 aromatic rings. The molecule has 0 amide bonds. The maximum absolute atomic E-state index is 10.1. The topological polar surface area (TPSA) is 145 Å². The van der Waals surface area contributed by atoms with Gasteiger partial charge in [0, 0.05) is 0 Å². The number of unbranched alkanes of at least 4 members (excludes halogenated alkanes) is 18. The maximum atomic E-state index is 10.1. The van der Waals surface area contributed by atoms with Crippen molar-refractivity contribution >= 4 is 15.6 Å². The molecule has 0 aliphatic heterocycles. The second kappa shape index (κ2) is 36.9. The first kappa shape index (κ1) is 49.5. The Morgan fingerprint density at radius 1 is 0.432 bits per heavy atom. The van der Waals surface area contributed by atoms with Crippen molar-refractivity contribution in [2.45, 2.75) is 142 Å². The van der Waals surface area contributed by atoms with Crippen LogP contribution in [-0.4, -0.2) is 13.2 Å². The van der Waals surface area contributed by atoms with Crippen molar-refractivity contribution in [3.8, 4) is 0 Å². The SMILES string of the molecule is CCCCCCCCCCCCOP(=O)([O-])[O-].CCCCCCCCCCCCOP(=O)([O-])[O-].[Na+].[Na+].[Zn+2]. The summed E-state index contributed by atoms with van der Waals surface area (Å²) in [6.07, 6.45) is 23.4. The van der Waals surface area contributed by atoms with Crippen LogP contribution >= 0.6 is 15.6 Å². The van der Waals surface area contributed by atoms with Gasteiger partial charge in [0.2, 0.25) is 0 Å². The second-order valence-electron chi connectivity index (χ2n) is 8.92. The van der Waals surface area contributed by atoms with E-state index >= 15 is 0 Å². The molecule has 8 nitrogen and oxygen atoms in total. The molecule has 0 radical (unpaired) electrons. The van der Waals surface area contributed by atoms with E-state index < -0.39 is 15.6 Å². The van der Waals surface area contributed by atoms with Crippen molar-refractivity contribution in [1.82, 2.24) is 0 Å². The van der Waals surface area contributed by atoms with Crippen molar-refractivity contribution in [3.05, 3.63) is 0 Å². The first-order valence-corrected chi connectivity index (χ1v) is 16.4. The number of phosphoric ester groups is 2. The summed E-state index contributed by atoms with van der Waals surface area (Å²) in [6.45, 7) is 4.51. The maximum Gasteiger partial charge on any atom is 2.00 e. The van der Waals surface area contributed by atoms with E-state index in [9.17, 15) is 28.7 Å². The van der Waals surface area contributed by atoms with Gasteiger partial charge < -0.3 is 37.8 Å². The summed E-state index contributed by atoms with van der Waals surface area (Å²) in [5.74, 6) is 0. The van der Waals surface area contributed by atoms with E-state index in [4.69, 9.17) is 0 Å². The van der Waals surface area contributed by atoms with Gasteiger partial charge in [-0.25, -0.2) is 0 Å². The summed E-state index contributed by atoms with van der Waals surface area (Å²) >= 11 is 0. The third-order valence-electron chi connectivity index (χ3n) is 5.49. The van der Waals surface area contributed by atoms with Crippen LogP contribution in [0.15, 0.2) is 0 Å². The van der Waals surface area contributed by atoms with Gasteiger partial charge in [-0.2, -0.15) is 0 Å². The van der Waals surface area contributed by atoms with E-state index in [1.165, 1.54) is 89.9 Å². The molecule has 0 aliphatic rings. The van der Waals surface area contributed by atoms with Gasteiger partial charge in [-0.15, -0.1) is 0 Å². The molecule has 0 saturated heterocycles. The quantitative estimate of drug-likeness (QED) is 0.0782. The van der Waals surface area contributed by atoms with Crippen LogP contribution in [0.1, 0.15) is 142 Å². The zero-order valence-electron chi connectivity index (χ0n) is 24.4. The number of phosphoric acid groups is 2. The van der Waals surface area contributed by atoms with Crippen LogP contribution in [0.2, 0.25) is 0 Å². The fourth-order valence-electron chi connectivity index (χ4n) is 3.53. The molecule has 208 valence electrons. The van der Waals surface area contributed by atoms with Crippen LogP contribution in [0.4, 0.5) is 0 Å². The van der Waals surface area contributed by atoms with E-state index in [1.807, 2.05) is 0 Å². The van der Waals surface area contributed by atoms with Gasteiger partial charge in [0.05, 0.1) is 28.9 Å². The Balaban J connectivity index is -0.000000171. The Labute approximate surface area is 284 Å². The van der Waals surface area contributed by atoms with Crippen LogP contribution in [0.5, 0.6) is 0 Å². The molecule has 0 heterocycles. The minimum Gasteiger partial charge on any atom is -0.790 e. The van der Waals surface area contributed by atoms with E-state index in [1.54, 1.807) is 0 Å². The standard InChI is InChI=1S/2C12H27O4P.2Na.Zn/c2*1-2-3-4-5-6-7-8-9-10-11-12-16-17(13,14)15;;;/h2*2-12H2,1H3,(H2,13,14,15);;;/q;;2*+1;+2/p-4. The Bertz CT molecular complexity index is 467. The fraction of sp³-hybridized carbons (Fsp3) is 1.00. The first-order valence-electron chi connectivity index (χ1n) is 13.5. The predicted molar refractivity (Wildman–Crippen MR) is 131 cm³/mol. The molecular weight excluding hydrogens is 590 g/mol. The summed E-state index contributed by atoms with van der Waals surface area (Å²) in [5.41, 5.74) is 0. The molecule has 0 rings (SSSR count). The Hall–Kier alpha value is 2.84. The van der Waals surface area contributed by atoms with Crippen molar-refractivity contribution in [2.75, 3.05) is 13.2 Å². The van der Waals surface area contributed by atoms with E-state index in [-0.39, 0.29) is 91.8 Å². The number of hydrogen-bond donors (Lipinski definition) is 0. The van der Waals surface area contributed by atoms with Gasteiger partial charge in [-0.1, -0.05) is 129 Å². The van der Waals surface area contributed by atoms with Gasteiger partial charge >= 0.3 is 78.6 Å². The van der Waals surface area contributed by atoms with Crippen LogP contribution in [0.3, 0.4) is 0 Å². The van der Waals surface area contributed by atoms with Gasteiger partial charge in [0.15, 0.2) is 0 Å². The van der Waals surface area contributed by atoms with Crippen LogP contribution in [0.25, 0.3) is 0 Å². The normalized spacial score (nSPS) is 11.0. The van der Waals surface area contributed by atoms with Crippen molar-refractivity contribution < 1.29 is 116 Å². The van der Waals surface area contributed by atoms with Crippen LogP contribution in [-0.2, 0) is 37.7 Å². The number of hydrogen-bond acceptors (Lipinski definition) is 8. The molecule has 13 heteroatoms. The zero-order chi connectivity index (χ0) is 26.0. The Kier molecular flexibility index (Phi) is 49.3. The molecule has 0 bridgehead atoms. The molecule has 0 aromatic carbocycles. The van der Waals surface area contributed by atoms with Crippen LogP contribution in [0, 0.1) is 0 Å². The molecule has 37 heavy (non-hydrogen) atoms. The monoisotopic (exact) mass is 638 g/mol. The molecule has 0 saturated carbocycles. The van der Waals surface area contributed by atoms with Gasteiger partial charge in [-0.05, 0) is 12.8 Å². The summed E-state index contributed by atoms with van der Waals surface area (Å²) < 4.78 is 28.6. The largest absolute Gasteiger partial charge is 2.00 e. The molecule has 0 fully saturated rings.